The summed E-state index contributed by atoms with van der Waals surface area (Å²) in [6, 6.07) is 8.93. The van der Waals surface area contributed by atoms with E-state index in [0.717, 1.165) is 37.1 Å². The average molecular weight is 375 g/mol. The van der Waals surface area contributed by atoms with E-state index in [4.69, 9.17) is 0 Å². The molecule has 7 heteroatoms. The van der Waals surface area contributed by atoms with Crippen molar-refractivity contribution in [2.45, 2.75) is 37.6 Å². The van der Waals surface area contributed by atoms with Crippen molar-refractivity contribution in [3.63, 3.8) is 0 Å². The van der Waals surface area contributed by atoms with Crippen LogP contribution < -0.4 is 0 Å². The van der Waals surface area contributed by atoms with Crippen LogP contribution in [0.4, 0.5) is 0 Å². The first-order valence-corrected chi connectivity index (χ1v) is 10.3. The van der Waals surface area contributed by atoms with Crippen molar-refractivity contribution in [3.8, 4) is 0 Å². The molecule has 1 aromatic heterocycles. The highest BCUT2D eigenvalue weighted by atomic mass is 32.2. The number of aromatic amines is 1. The number of nitrogens with one attached hydrogen (secondary N) is 1. The van der Waals surface area contributed by atoms with E-state index in [1.165, 1.54) is 16.6 Å². The van der Waals surface area contributed by atoms with Gasteiger partial charge in [-0.1, -0.05) is 29.8 Å². The summed E-state index contributed by atoms with van der Waals surface area (Å²) in [6.45, 7) is 5.30. The molecule has 1 unspecified atom stereocenters. The molecule has 2 heterocycles. The van der Waals surface area contributed by atoms with E-state index in [-0.39, 0.29) is 16.8 Å². The molecular formula is C19H25N3O3S. The van der Waals surface area contributed by atoms with E-state index in [9.17, 15) is 13.2 Å². The number of hydrogen-bond acceptors (Lipinski definition) is 3. The Bertz CT molecular complexity index is 881. The zero-order valence-corrected chi connectivity index (χ0v) is 16.2. The van der Waals surface area contributed by atoms with Gasteiger partial charge in [-0.05, 0) is 38.3 Å². The number of benzene rings is 1. The summed E-state index contributed by atoms with van der Waals surface area (Å²) in [5.74, 6) is -0.141. The molecule has 2 aromatic rings. The summed E-state index contributed by atoms with van der Waals surface area (Å²) in [7, 11) is -2.14. The zero-order valence-electron chi connectivity index (χ0n) is 15.4. The topological polar surface area (TPSA) is 73.5 Å². The molecule has 3 rings (SSSR count). The van der Waals surface area contributed by atoms with Gasteiger partial charge in [0.15, 0.2) is 0 Å². The van der Waals surface area contributed by atoms with Crippen LogP contribution in [0.1, 0.15) is 47.4 Å². The van der Waals surface area contributed by atoms with Crippen LogP contribution in [0.2, 0.25) is 0 Å². The molecule has 140 valence electrons. The lowest BCUT2D eigenvalue weighted by Gasteiger charge is -2.24. The number of hydrogen-bond donors (Lipinski definition) is 1. The molecular weight excluding hydrogens is 350 g/mol. The molecule has 26 heavy (non-hydrogen) atoms. The minimum Gasteiger partial charge on any atom is -0.356 e. The van der Waals surface area contributed by atoms with Crippen molar-refractivity contribution >= 4 is 15.9 Å². The molecule has 0 aliphatic carbocycles. The van der Waals surface area contributed by atoms with E-state index >= 15 is 0 Å². The summed E-state index contributed by atoms with van der Waals surface area (Å²) in [5, 5.41) is 0. The van der Waals surface area contributed by atoms with Gasteiger partial charge in [-0.25, -0.2) is 8.42 Å². The number of likely N-dealkylation sites (tertiary alicyclic amines) is 1. The number of amides is 1. The maximum atomic E-state index is 13.0. The minimum atomic E-state index is -3.70. The van der Waals surface area contributed by atoms with Gasteiger partial charge in [0.25, 0.3) is 5.91 Å². The fourth-order valence-electron chi connectivity index (χ4n) is 3.17. The Balaban J connectivity index is 1.81. The van der Waals surface area contributed by atoms with Crippen LogP contribution in [-0.4, -0.2) is 48.7 Å². The summed E-state index contributed by atoms with van der Waals surface area (Å²) in [6.07, 6.45) is 3.39. The Kier molecular flexibility index (Phi) is 5.20. The Morgan fingerprint density at radius 2 is 1.81 bits per heavy atom. The Hall–Kier alpha value is -2.12. The van der Waals surface area contributed by atoms with Crippen molar-refractivity contribution in [1.29, 1.82) is 0 Å². The van der Waals surface area contributed by atoms with Gasteiger partial charge in [-0.3, -0.25) is 4.79 Å². The second-order valence-corrected chi connectivity index (χ2v) is 8.85. The molecule has 1 N–H and O–H groups in total. The van der Waals surface area contributed by atoms with Gasteiger partial charge in [0.05, 0.1) is 0 Å². The fourth-order valence-corrected chi connectivity index (χ4v) is 4.51. The van der Waals surface area contributed by atoms with Gasteiger partial charge in [-0.15, -0.1) is 0 Å². The summed E-state index contributed by atoms with van der Waals surface area (Å²) in [5.41, 5.74) is 2.37. The zero-order chi connectivity index (χ0) is 18.9. The number of H-pyrrole nitrogens is 1. The van der Waals surface area contributed by atoms with Crippen LogP contribution in [0.3, 0.4) is 0 Å². The van der Waals surface area contributed by atoms with Crippen LogP contribution >= 0.6 is 0 Å². The largest absolute Gasteiger partial charge is 0.356 e. The van der Waals surface area contributed by atoms with E-state index in [1.54, 1.807) is 11.9 Å². The van der Waals surface area contributed by atoms with E-state index in [1.807, 2.05) is 38.1 Å². The smallest absolute Gasteiger partial charge is 0.270 e. The highest BCUT2D eigenvalue weighted by Gasteiger charge is 2.29. The molecule has 1 fully saturated rings. The quantitative estimate of drug-likeness (QED) is 0.873. The molecule has 1 saturated heterocycles. The monoisotopic (exact) mass is 375 g/mol. The first-order valence-electron chi connectivity index (χ1n) is 8.83. The Morgan fingerprint density at radius 3 is 2.42 bits per heavy atom. The molecule has 1 atom stereocenters. The molecule has 1 aliphatic heterocycles. The van der Waals surface area contributed by atoms with Crippen LogP contribution in [0.25, 0.3) is 0 Å². The molecule has 0 bridgehead atoms. The predicted molar refractivity (Wildman–Crippen MR) is 100 cm³/mol. The molecule has 0 spiro atoms. The van der Waals surface area contributed by atoms with Gasteiger partial charge in [0.2, 0.25) is 10.0 Å². The predicted octanol–water partition coefficient (Wildman–Crippen LogP) is 2.94. The number of nitrogens with zero attached hydrogens (tertiary/aromatic N) is 2. The lowest BCUT2D eigenvalue weighted by atomic mass is 10.1. The third-order valence-electron chi connectivity index (χ3n) is 5.06. The molecule has 0 saturated carbocycles. The molecule has 6 nitrogen and oxygen atoms in total. The van der Waals surface area contributed by atoms with Crippen molar-refractivity contribution in [2.75, 3.05) is 20.1 Å². The number of carbonyl (C=O) groups is 1. The van der Waals surface area contributed by atoms with Gasteiger partial charge < -0.3 is 9.88 Å². The van der Waals surface area contributed by atoms with Crippen molar-refractivity contribution in [1.82, 2.24) is 14.2 Å². The Labute approximate surface area is 154 Å². The van der Waals surface area contributed by atoms with Crippen LogP contribution in [0.5, 0.6) is 0 Å². The van der Waals surface area contributed by atoms with E-state index in [0.29, 0.717) is 5.69 Å². The fraction of sp³-hybridized carbons (Fsp3) is 0.421. The number of carbonyl (C=O) groups excluding carboxylic acids is 1. The normalized spacial score (nSPS) is 16.2. The van der Waals surface area contributed by atoms with Crippen molar-refractivity contribution < 1.29 is 13.2 Å². The number of aromatic nitrogens is 1. The maximum absolute atomic E-state index is 13.0. The van der Waals surface area contributed by atoms with Gasteiger partial charge in [-0.2, -0.15) is 4.31 Å². The third-order valence-corrected chi connectivity index (χ3v) is 6.97. The van der Waals surface area contributed by atoms with E-state index < -0.39 is 10.0 Å². The van der Waals surface area contributed by atoms with E-state index in [2.05, 4.69) is 4.98 Å². The lowest BCUT2D eigenvalue weighted by Crippen LogP contribution is -2.30. The van der Waals surface area contributed by atoms with Crippen molar-refractivity contribution in [3.05, 3.63) is 53.3 Å². The molecule has 1 aliphatic rings. The highest BCUT2D eigenvalue weighted by Crippen LogP contribution is 2.26. The number of aryl methyl sites for hydroxylation is 1. The van der Waals surface area contributed by atoms with Crippen LogP contribution in [-0.2, 0) is 10.0 Å². The SMILES string of the molecule is Cc1ccc(C(C)N(C)S(=O)(=O)c2c[nH]c(C(=O)N3CCCC3)c2)cc1. The minimum absolute atomic E-state index is 0.113. The molecule has 0 radical (unpaired) electrons. The molecule has 1 amide bonds. The second kappa shape index (κ2) is 7.25. The number of rotatable bonds is 5. The molecule has 1 aromatic carbocycles. The van der Waals surface area contributed by atoms with Gasteiger partial charge in [0, 0.05) is 32.4 Å². The summed E-state index contributed by atoms with van der Waals surface area (Å²) >= 11 is 0. The van der Waals surface area contributed by atoms with Gasteiger partial charge >= 0.3 is 0 Å². The number of sulfonamides is 1. The summed E-state index contributed by atoms with van der Waals surface area (Å²) < 4.78 is 27.2. The third kappa shape index (κ3) is 3.54. The summed E-state index contributed by atoms with van der Waals surface area (Å²) in [4.78, 5) is 17.1. The van der Waals surface area contributed by atoms with Crippen LogP contribution in [0, 0.1) is 6.92 Å². The maximum Gasteiger partial charge on any atom is 0.270 e. The Morgan fingerprint density at radius 1 is 1.19 bits per heavy atom. The average Bonchev–Trinajstić information content (AvgIpc) is 3.32. The first-order chi connectivity index (χ1) is 12.3. The highest BCUT2D eigenvalue weighted by molar-refractivity contribution is 7.89. The first kappa shape index (κ1) is 18.7. The second-order valence-electron chi connectivity index (χ2n) is 6.86. The van der Waals surface area contributed by atoms with Gasteiger partial charge in [0.1, 0.15) is 10.6 Å². The standard InChI is InChI=1S/C19H25N3O3S/c1-14-6-8-16(9-7-14)15(2)21(3)26(24,25)17-12-18(20-13-17)19(23)22-10-4-5-11-22/h6-9,12-13,15,20H,4-5,10-11H2,1-3H3. The lowest BCUT2D eigenvalue weighted by molar-refractivity contribution is 0.0787. The van der Waals surface area contributed by atoms with Crippen molar-refractivity contribution in [2.24, 2.45) is 0 Å². The van der Waals surface area contributed by atoms with Crippen LogP contribution in [0.15, 0.2) is 41.4 Å².